The lowest BCUT2D eigenvalue weighted by Gasteiger charge is -2.37. The summed E-state index contributed by atoms with van der Waals surface area (Å²) >= 11 is 0. The molecule has 0 aromatic heterocycles. The Hall–Kier alpha value is -1.63. The number of rotatable bonds is 4. The standard InChI is InChI=1S/C21H32N2O5S/c1-15-12-23(16(2)14-24)29(26,27)20-8-7-17(9-10-21(3,4)25)11-18(20)28-19(15)13-22(5)6/h7-8,11,15-16,19,24-25H,12-14H2,1-6H3/t15-,16+,19+/m0/s1. The van der Waals surface area contributed by atoms with E-state index < -0.39 is 21.7 Å². The van der Waals surface area contributed by atoms with Gasteiger partial charge in [0.15, 0.2) is 0 Å². The van der Waals surface area contributed by atoms with Crippen molar-refractivity contribution < 1.29 is 23.4 Å². The lowest BCUT2D eigenvalue weighted by Crippen LogP contribution is -2.49. The van der Waals surface area contributed by atoms with Crippen molar-refractivity contribution in [1.29, 1.82) is 0 Å². The second-order valence-corrected chi connectivity index (χ2v) is 10.3. The van der Waals surface area contributed by atoms with Crippen molar-refractivity contribution in [3.63, 3.8) is 0 Å². The van der Waals surface area contributed by atoms with Gasteiger partial charge in [-0.25, -0.2) is 8.42 Å². The molecule has 0 spiro atoms. The van der Waals surface area contributed by atoms with Gasteiger partial charge in [0.25, 0.3) is 0 Å². The number of fused-ring (bicyclic) bond motifs is 1. The zero-order chi connectivity index (χ0) is 22.0. The van der Waals surface area contributed by atoms with Crippen LogP contribution in [0.2, 0.25) is 0 Å². The molecule has 2 rings (SSSR count). The first-order valence-electron chi connectivity index (χ1n) is 9.69. The molecule has 0 bridgehead atoms. The minimum Gasteiger partial charge on any atom is -0.487 e. The summed E-state index contributed by atoms with van der Waals surface area (Å²) in [5.41, 5.74) is -0.605. The van der Waals surface area contributed by atoms with Crippen LogP contribution in [0.1, 0.15) is 33.3 Å². The first-order chi connectivity index (χ1) is 13.3. The Morgan fingerprint density at radius 2 is 2.03 bits per heavy atom. The number of sulfonamides is 1. The van der Waals surface area contributed by atoms with Gasteiger partial charge < -0.3 is 19.8 Å². The van der Waals surface area contributed by atoms with E-state index >= 15 is 0 Å². The summed E-state index contributed by atoms with van der Waals surface area (Å²) in [5.74, 6) is 5.74. The van der Waals surface area contributed by atoms with Crippen LogP contribution in [0, 0.1) is 17.8 Å². The van der Waals surface area contributed by atoms with E-state index in [1.54, 1.807) is 32.9 Å². The molecule has 0 amide bonds. The first kappa shape index (κ1) is 23.6. The highest BCUT2D eigenvalue weighted by atomic mass is 32.2. The van der Waals surface area contributed by atoms with Gasteiger partial charge in [-0.2, -0.15) is 4.31 Å². The molecule has 0 unspecified atom stereocenters. The summed E-state index contributed by atoms with van der Waals surface area (Å²) < 4.78 is 34.2. The molecule has 29 heavy (non-hydrogen) atoms. The summed E-state index contributed by atoms with van der Waals surface area (Å²) in [6.45, 7) is 7.40. The Balaban J connectivity index is 2.62. The molecule has 0 saturated heterocycles. The molecule has 0 radical (unpaired) electrons. The van der Waals surface area contributed by atoms with Crippen molar-refractivity contribution in [2.45, 2.75) is 50.3 Å². The molecule has 0 aliphatic carbocycles. The Bertz CT molecular complexity index is 881. The summed E-state index contributed by atoms with van der Waals surface area (Å²) in [7, 11) is 0.0110. The van der Waals surface area contributed by atoms with Crippen LogP contribution in [0.25, 0.3) is 0 Å². The minimum absolute atomic E-state index is 0.0577. The molecule has 1 heterocycles. The largest absolute Gasteiger partial charge is 0.487 e. The SMILES string of the molecule is C[C@H](CO)N1C[C@H](C)[C@@H](CN(C)C)Oc2cc(C#CC(C)(C)O)ccc2S1(=O)=O. The van der Waals surface area contributed by atoms with Crippen LogP contribution in [0.5, 0.6) is 5.75 Å². The quantitative estimate of drug-likeness (QED) is 0.705. The number of hydrogen-bond acceptors (Lipinski definition) is 6. The molecule has 0 fully saturated rings. The lowest BCUT2D eigenvalue weighted by atomic mass is 10.0. The molecule has 0 saturated carbocycles. The summed E-state index contributed by atoms with van der Waals surface area (Å²) in [5, 5.41) is 19.5. The van der Waals surface area contributed by atoms with Crippen molar-refractivity contribution in [2.75, 3.05) is 33.8 Å². The van der Waals surface area contributed by atoms with Gasteiger partial charge in [-0.3, -0.25) is 0 Å². The second-order valence-electron chi connectivity index (χ2n) is 8.47. The van der Waals surface area contributed by atoms with Crippen LogP contribution in [-0.4, -0.2) is 79.4 Å². The van der Waals surface area contributed by atoms with Gasteiger partial charge in [0, 0.05) is 30.6 Å². The van der Waals surface area contributed by atoms with Crippen molar-refractivity contribution in [2.24, 2.45) is 5.92 Å². The number of aliphatic hydroxyl groups is 2. The van der Waals surface area contributed by atoms with Crippen molar-refractivity contribution in [1.82, 2.24) is 9.21 Å². The summed E-state index contributed by atoms with van der Waals surface area (Å²) in [4.78, 5) is 2.05. The molecule has 8 heteroatoms. The molecule has 1 aliphatic rings. The smallest absolute Gasteiger partial charge is 0.247 e. The fraction of sp³-hybridized carbons (Fsp3) is 0.619. The minimum atomic E-state index is -3.86. The zero-order valence-electron chi connectivity index (χ0n) is 18.0. The normalized spacial score (nSPS) is 23.2. The maximum Gasteiger partial charge on any atom is 0.247 e. The molecule has 3 atom stereocenters. The average Bonchev–Trinajstić information content (AvgIpc) is 2.61. The number of ether oxygens (including phenoxy) is 1. The molecule has 162 valence electrons. The number of benzene rings is 1. The first-order valence-corrected chi connectivity index (χ1v) is 11.1. The molecular weight excluding hydrogens is 392 g/mol. The van der Waals surface area contributed by atoms with Gasteiger partial charge in [0.2, 0.25) is 10.0 Å². The van der Waals surface area contributed by atoms with Crippen LogP contribution in [0.4, 0.5) is 0 Å². The van der Waals surface area contributed by atoms with E-state index in [0.29, 0.717) is 12.1 Å². The molecule has 1 aromatic rings. The van der Waals surface area contributed by atoms with Gasteiger partial charge in [0.05, 0.1) is 6.61 Å². The third-order valence-corrected chi connectivity index (χ3v) is 6.74. The van der Waals surface area contributed by atoms with Crippen LogP contribution in [-0.2, 0) is 10.0 Å². The van der Waals surface area contributed by atoms with Crippen molar-refractivity contribution >= 4 is 10.0 Å². The van der Waals surface area contributed by atoms with Gasteiger partial charge >= 0.3 is 0 Å². The predicted molar refractivity (Wildman–Crippen MR) is 112 cm³/mol. The van der Waals surface area contributed by atoms with Crippen LogP contribution in [0.3, 0.4) is 0 Å². The van der Waals surface area contributed by atoms with Crippen LogP contribution in [0.15, 0.2) is 23.1 Å². The number of hydrogen-bond donors (Lipinski definition) is 2. The average molecular weight is 425 g/mol. The number of likely N-dealkylation sites (N-methyl/N-ethyl adjacent to an activating group) is 1. The van der Waals surface area contributed by atoms with Crippen molar-refractivity contribution in [3.8, 4) is 17.6 Å². The van der Waals surface area contributed by atoms with E-state index in [4.69, 9.17) is 4.74 Å². The Morgan fingerprint density at radius 1 is 1.38 bits per heavy atom. The number of nitrogens with zero attached hydrogens (tertiary/aromatic N) is 2. The Labute approximate surface area is 174 Å². The molecule has 7 nitrogen and oxygen atoms in total. The molecular formula is C21H32N2O5S. The van der Waals surface area contributed by atoms with Crippen molar-refractivity contribution in [3.05, 3.63) is 23.8 Å². The van der Waals surface area contributed by atoms with E-state index in [2.05, 4.69) is 11.8 Å². The van der Waals surface area contributed by atoms with Gasteiger partial charge in [0.1, 0.15) is 22.4 Å². The highest BCUT2D eigenvalue weighted by Gasteiger charge is 2.37. The van der Waals surface area contributed by atoms with Gasteiger partial charge in [-0.1, -0.05) is 18.8 Å². The fourth-order valence-corrected chi connectivity index (χ4v) is 4.93. The molecule has 1 aliphatic heterocycles. The van der Waals surface area contributed by atoms with Crippen LogP contribution >= 0.6 is 0 Å². The lowest BCUT2D eigenvalue weighted by molar-refractivity contribution is 0.0812. The van der Waals surface area contributed by atoms with E-state index in [1.807, 2.05) is 25.9 Å². The van der Waals surface area contributed by atoms with E-state index in [0.717, 1.165) is 0 Å². The highest BCUT2D eigenvalue weighted by molar-refractivity contribution is 7.89. The molecule has 1 aromatic carbocycles. The van der Waals surface area contributed by atoms with Gasteiger partial charge in [-0.15, -0.1) is 0 Å². The van der Waals surface area contributed by atoms with Crippen LogP contribution < -0.4 is 4.74 Å². The second kappa shape index (κ2) is 9.02. The van der Waals surface area contributed by atoms with Gasteiger partial charge in [-0.05, 0) is 53.1 Å². The summed E-state index contributed by atoms with van der Waals surface area (Å²) in [6, 6.07) is 4.14. The third kappa shape index (κ3) is 5.93. The highest BCUT2D eigenvalue weighted by Crippen LogP contribution is 2.34. The van der Waals surface area contributed by atoms with E-state index in [9.17, 15) is 18.6 Å². The monoisotopic (exact) mass is 424 g/mol. The Kier molecular flexibility index (Phi) is 7.36. The maximum atomic E-state index is 13.3. The topological polar surface area (TPSA) is 90.3 Å². The third-order valence-electron chi connectivity index (χ3n) is 4.72. The zero-order valence-corrected chi connectivity index (χ0v) is 18.8. The predicted octanol–water partition coefficient (Wildman–Crippen LogP) is 1.14. The fourth-order valence-electron chi connectivity index (χ4n) is 3.11. The summed E-state index contributed by atoms with van der Waals surface area (Å²) in [6.07, 6.45) is -0.245. The Morgan fingerprint density at radius 3 is 2.59 bits per heavy atom. The number of aliphatic hydroxyl groups excluding tert-OH is 1. The maximum absolute atomic E-state index is 13.3. The van der Waals surface area contributed by atoms with E-state index in [1.165, 1.54) is 10.4 Å². The molecule has 2 N–H and O–H groups in total. The van der Waals surface area contributed by atoms with E-state index in [-0.39, 0.29) is 35.8 Å².